The Hall–Kier alpha value is -0.440. The summed E-state index contributed by atoms with van der Waals surface area (Å²) < 4.78 is 0. The fourth-order valence-electron chi connectivity index (χ4n) is 1.09. The van der Waals surface area contributed by atoms with Crippen LogP contribution in [0, 0.1) is 0 Å². The molecule has 1 atom stereocenters. The maximum atomic E-state index is 5.83. The normalized spacial score (nSPS) is 11.9. The Kier molecular flexibility index (Phi) is 5.14. The molecule has 0 aliphatic rings. The lowest BCUT2D eigenvalue weighted by Gasteiger charge is -2.11. The molecule has 1 aromatic carbocycles. The smallest absolute Gasteiger partial charge is 0.0410 e. The zero-order chi connectivity index (χ0) is 9.14. The first kappa shape index (κ1) is 12.6. The van der Waals surface area contributed by atoms with Crippen LogP contribution in [0.4, 0.5) is 5.69 Å². The molecule has 4 heteroatoms. The van der Waals surface area contributed by atoms with Crippen molar-refractivity contribution in [3.8, 4) is 0 Å². The van der Waals surface area contributed by atoms with Crippen LogP contribution >= 0.6 is 24.0 Å². The van der Waals surface area contributed by atoms with Gasteiger partial charge < -0.3 is 11.5 Å². The monoisotopic (exact) mass is 220 g/mol. The second kappa shape index (κ2) is 5.32. The number of nitrogen functional groups attached to an aromatic ring is 1. The van der Waals surface area contributed by atoms with E-state index in [-0.39, 0.29) is 18.4 Å². The van der Waals surface area contributed by atoms with E-state index in [1.165, 1.54) is 0 Å². The maximum absolute atomic E-state index is 5.83. The predicted molar refractivity (Wildman–Crippen MR) is 60.3 cm³/mol. The van der Waals surface area contributed by atoms with Gasteiger partial charge in [0.25, 0.3) is 0 Å². The van der Waals surface area contributed by atoms with Gasteiger partial charge in [0, 0.05) is 16.8 Å². The SMILES string of the molecule is CC[C@@H](N)c1cc(Cl)ccc1N.Cl. The second-order valence-corrected chi connectivity index (χ2v) is 3.22. The molecule has 0 bridgehead atoms. The first-order valence-electron chi connectivity index (χ1n) is 3.95. The minimum absolute atomic E-state index is 0. The minimum atomic E-state index is -0.0105. The third-order valence-electron chi connectivity index (χ3n) is 1.89. The van der Waals surface area contributed by atoms with E-state index in [0.29, 0.717) is 10.7 Å². The molecule has 1 rings (SSSR count). The average molecular weight is 221 g/mol. The van der Waals surface area contributed by atoms with E-state index in [9.17, 15) is 0 Å². The molecule has 0 fully saturated rings. The van der Waals surface area contributed by atoms with Crippen molar-refractivity contribution in [2.45, 2.75) is 19.4 Å². The highest BCUT2D eigenvalue weighted by Gasteiger charge is 2.07. The van der Waals surface area contributed by atoms with Gasteiger partial charge in [-0.05, 0) is 30.2 Å². The largest absolute Gasteiger partial charge is 0.398 e. The molecule has 0 unspecified atom stereocenters. The van der Waals surface area contributed by atoms with Crippen molar-refractivity contribution < 1.29 is 0 Å². The molecule has 0 saturated carbocycles. The Morgan fingerprint density at radius 1 is 1.46 bits per heavy atom. The fourth-order valence-corrected chi connectivity index (χ4v) is 1.27. The zero-order valence-corrected chi connectivity index (χ0v) is 9.03. The van der Waals surface area contributed by atoms with Crippen molar-refractivity contribution in [2.75, 3.05) is 5.73 Å². The lowest BCUT2D eigenvalue weighted by molar-refractivity contribution is 0.701. The highest BCUT2D eigenvalue weighted by atomic mass is 35.5. The highest BCUT2D eigenvalue weighted by Crippen LogP contribution is 2.24. The predicted octanol–water partition coefficient (Wildman–Crippen LogP) is 2.75. The van der Waals surface area contributed by atoms with Crippen LogP contribution in [0.1, 0.15) is 24.9 Å². The Bertz CT molecular complexity index is 276. The summed E-state index contributed by atoms with van der Waals surface area (Å²) in [7, 11) is 0. The number of benzene rings is 1. The lowest BCUT2D eigenvalue weighted by atomic mass is 10.0. The number of anilines is 1. The van der Waals surface area contributed by atoms with Crippen molar-refractivity contribution in [3.05, 3.63) is 28.8 Å². The summed E-state index contributed by atoms with van der Waals surface area (Å²) in [5.74, 6) is 0. The van der Waals surface area contributed by atoms with E-state index in [1.54, 1.807) is 12.1 Å². The summed E-state index contributed by atoms with van der Waals surface area (Å²) in [6.07, 6.45) is 0.866. The van der Waals surface area contributed by atoms with Crippen LogP contribution in [0.15, 0.2) is 18.2 Å². The molecular formula is C9H14Cl2N2. The molecule has 0 amide bonds. The molecule has 13 heavy (non-hydrogen) atoms. The molecular weight excluding hydrogens is 207 g/mol. The number of halogens is 2. The van der Waals surface area contributed by atoms with Crippen molar-refractivity contribution >= 4 is 29.7 Å². The molecule has 2 nitrogen and oxygen atoms in total. The Balaban J connectivity index is 0.00000144. The van der Waals surface area contributed by atoms with Gasteiger partial charge in [-0.3, -0.25) is 0 Å². The molecule has 0 aromatic heterocycles. The first-order chi connectivity index (χ1) is 5.65. The molecule has 4 N–H and O–H groups in total. The quantitative estimate of drug-likeness (QED) is 0.754. The molecule has 1 aromatic rings. The molecule has 0 aliphatic heterocycles. The van der Waals surface area contributed by atoms with E-state index < -0.39 is 0 Å². The van der Waals surface area contributed by atoms with Gasteiger partial charge in [0.15, 0.2) is 0 Å². The topological polar surface area (TPSA) is 52.0 Å². The molecule has 74 valence electrons. The maximum Gasteiger partial charge on any atom is 0.0410 e. The van der Waals surface area contributed by atoms with E-state index in [4.69, 9.17) is 23.1 Å². The number of rotatable bonds is 2. The van der Waals surface area contributed by atoms with E-state index in [0.717, 1.165) is 12.0 Å². The van der Waals surface area contributed by atoms with Gasteiger partial charge in [-0.15, -0.1) is 12.4 Å². The summed E-state index contributed by atoms with van der Waals surface area (Å²) in [5.41, 5.74) is 13.2. The standard InChI is InChI=1S/C9H13ClN2.ClH/c1-2-8(11)7-5-6(10)3-4-9(7)12;/h3-5,8H,2,11-12H2,1H3;1H/t8-;/m1./s1. The number of nitrogens with two attached hydrogens (primary N) is 2. The van der Waals surface area contributed by atoms with Crippen LogP contribution in [-0.2, 0) is 0 Å². The molecule has 0 heterocycles. The van der Waals surface area contributed by atoms with Crippen LogP contribution in [0.3, 0.4) is 0 Å². The van der Waals surface area contributed by atoms with Gasteiger partial charge >= 0.3 is 0 Å². The Labute approximate surface area is 89.7 Å². The fraction of sp³-hybridized carbons (Fsp3) is 0.333. The van der Waals surface area contributed by atoms with Crippen LogP contribution in [0.2, 0.25) is 5.02 Å². The van der Waals surface area contributed by atoms with Gasteiger partial charge in [0.2, 0.25) is 0 Å². The summed E-state index contributed by atoms with van der Waals surface area (Å²) in [6, 6.07) is 5.37. The zero-order valence-electron chi connectivity index (χ0n) is 7.46. The third kappa shape index (κ3) is 3.07. The third-order valence-corrected chi connectivity index (χ3v) is 2.12. The average Bonchev–Trinajstić information content (AvgIpc) is 2.08. The van der Waals surface area contributed by atoms with Gasteiger partial charge in [-0.1, -0.05) is 18.5 Å². The van der Waals surface area contributed by atoms with Crippen molar-refractivity contribution in [1.29, 1.82) is 0 Å². The van der Waals surface area contributed by atoms with Crippen molar-refractivity contribution in [3.63, 3.8) is 0 Å². The van der Waals surface area contributed by atoms with Crippen molar-refractivity contribution in [1.82, 2.24) is 0 Å². The number of hydrogen-bond donors (Lipinski definition) is 2. The van der Waals surface area contributed by atoms with Crippen LogP contribution < -0.4 is 11.5 Å². The van der Waals surface area contributed by atoms with Crippen LogP contribution in [-0.4, -0.2) is 0 Å². The summed E-state index contributed by atoms with van der Waals surface area (Å²) in [5, 5.41) is 0.683. The molecule has 0 radical (unpaired) electrons. The van der Waals surface area contributed by atoms with Gasteiger partial charge in [0.1, 0.15) is 0 Å². The summed E-state index contributed by atoms with van der Waals surface area (Å²) >= 11 is 5.81. The van der Waals surface area contributed by atoms with Gasteiger partial charge in [-0.2, -0.15) is 0 Å². The van der Waals surface area contributed by atoms with E-state index >= 15 is 0 Å². The van der Waals surface area contributed by atoms with Gasteiger partial charge in [0.05, 0.1) is 0 Å². The van der Waals surface area contributed by atoms with E-state index in [1.807, 2.05) is 13.0 Å². The van der Waals surface area contributed by atoms with E-state index in [2.05, 4.69) is 0 Å². The highest BCUT2D eigenvalue weighted by molar-refractivity contribution is 6.30. The minimum Gasteiger partial charge on any atom is -0.398 e. The Morgan fingerprint density at radius 3 is 2.62 bits per heavy atom. The second-order valence-electron chi connectivity index (χ2n) is 2.79. The van der Waals surface area contributed by atoms with Crippen LogP contribution in [0.25, 0.3) is 0 Å². The molecule has 0 spiro atoms. The molecule has 0 saturated heterocycles. The Morgan fingerprint density at radius 2 is 2.08 bits per heavy atom. The van der Waals surface area contributed by atoms with Crippen LogP contribution in [0.5, 0.6) is 0 Å². The first-order valence-corrected chi connectivity index (χ1v) is 4.33. The lowest BCUT2D eigenvalue weighted by Crippen LogP contribution is -2.10. The number of hydrogen-bond acceptors (Lipinski definition) is 2. The molecule has 0 aliphatic carbocycles. The van der Waals surface area contributed by atoms with Crippen molar-refractivity contribution in [2.24, 2.45) is 5.73 Å². The summed E-state index contributed by atoms with van der Waals surface area (Å²) in [6.45, 7) is 2.02. The van der Waals surface area contributed by atoms with Gasteiger partial charge in [-0.25, -0.2) is 0 Å². The summed E-state index contributed by atoms with van der Waals surface area (Å²) in [4.78, 5) is 0.